The van der Waals surface area contributed by atoms with Crippen molar-refractivity contribution in [3.8, 4) is 0 Å². The standard InChI is InChI=1S/C10H22N2O4S2/c1-9-4-3-5-10(6-9,7-11)12-18(15,16)8-17(2,13)14/h9,12H,3-8,11H2,1-2H3. The van der Waals surface area contributed by atoms with Crippen LogP contribution in [0.4, 0.5) is 0 Å². The first-order valence-corrected chi connectivity index (χ1v) is 9.68. The lowest BCUT2D eigenvalue weighted by Gasteiger charge is -2.39. The molecule has 1 aliphatic rings. The Bertz CT molecular complexity index is 486. The van der Waals surface area contributed by atoms with Gasteiger partial charge in [0.05, 0.1) is 0 Å². The topological polar surface area (TPSA) is 106 Å². The second kappa shape index (κ2) is 5.44. The zero-order chi connectivity index (χ0) is 14.0. The van der Waals surface area contributed by atoms with Crippen molar-refractivity contribution >= 4 is 19.9 Å². The molecule has 108 valence electrons. The quantitative estimate of drug-likeness (QED) is 0.732. The van der Waals surface area contributed by atoms with Crippen LogP contribution in [0.2, 0.25) is 0 Å². The highest BCUT2D eigenvalue weighted by atomic mass is 32.3. The van der Waals surface area contributed by atoms with E-state index in [1.807, 2.05) is 0 Å². The van der Waals surface area contributed by atoms with Crippen molar-refractivity contribution < 1.29 is 16.8 Å². The summed E-state index contributed by atoms with van der Waals surface area (Å²) in [6, 6.07) is 0. The highest BCUT2D eigenvalue weighted by molar-refractivity contribution is 8.06. The summed E-state index contributed by atoms with van der Waals surface area (Å²) in [5.74, 6) is 0.392. The molecule has 8 heteroatoms. The van der Waals surface area contributed by atoms with Gasteiger partial charge in [0.1, 0.15) is 0 Å². The maximum absolute atomic E-state index is 11.8. The molecule has 0 spiro atoms. The number of rotatable bonds is 5. The number of nitrogens with one attached hydrogen (secondary N) is 1. The van der Waals surface area contributed by atoms with Crippen LogP contribution in [0, 0.1) is 5.92 Å². The Morgan fingerprint density at radius 2 is 1.94 bits per heavy atom. The maximum Gasteiger partial charge on any atom is 0.226 e. The zero-order valence-electron chi connectivity index (χ0n) is 10.8. The van der Waals surface area contributed by atoms with Crippen molar-refractivity contribution in [2.24, 2.45) is 11.7 Å². The van der Waals surface area contributed by atoms with E-state index in [2.05, 4.69) is 11.6 Å². The van der Waals surface area contributed by atoms with Gasteiger partial charge in [-0.25, -0.2) is 21.6 Å². The first kappa shape index (κ1) is 15.9. The Balaban J connectivity index is 2.85. The van der Waals surface area contributed by atoms with Gasteiger partial charge in [-0.3, -0.25) is 0 Å². The third kappa shape index (κ3) is 4.83. The summed E-state index contributed by atoms with van der Waals surface area (Å²) >= 11 is 0. The lowest BCUT2D eigenvalue weighted by atomic mass is 9.77. The van der Waals surface area contributed by atoms with Crippen LogP contribution in [0.3, 0.4) is 0 Å². The fourth-order valence-electron chi connectivity index (χ4n) is 2.62. The van der Waals surface area contributed by atoms with E-state index < -0.39 is 30.5 Å². The molecule has 0 aliphatic heterocycles. The van der Waals surface area contributed by atoms with Crippen LogP contribution in [0.15, 0.2) is 0 Å². The molecule has 1 saturated carbocycles. The van der Waals surface area contributed by atoms with Crippen LogP contribution in [0.1, 0.15) is 32.6 Å². The summed E-state index contributed by atoms with van der Waals surface area (Å²) in [4.78, 5) is 0. The molecule has 0 aromatic rings. The molecule has 1 fully saturated rings. The third-order valence-electron chi connectivity index (χ3n) is 3.22. The van der Waals surface area contributed by atoms with Crippen molar-refractivity contribution in [1.29, 1.82) is 0 Å². The normalized spacial score (nSPS) is 30.3. The molecule has 0 amide bonds. The average Bonchev–Trinajstić information content (AvgIpc) is 2.12. The largest absolute Gasteiger partial charge is 0.329 e. The summed E-state index contributed by atoms with van der Waals surface area (Å²) in [5, 5.41) is -0.879. The van der Waals surface area contributed by atoms with Crippen molar-refractivity contribution in [2.45, 2.75) is 38.1 Å². The van der Waals surface area contributed by atoms with Gasteiger partial charge in [-0.2, -0.15) is 0 Å². The minimum Gasteiger partial charge on any atom is -0.329 e. The van der Waals surface area contributed by atoms with Gasteiger partial charge in [-0.05, 0) is 18.8 Å². The van der Waals surface area contributed by atoms with Crippen molar-refractivity contribution in [3.63, 3.8) is 0 Å². The van der Waals surface area contributed by atoms with Crippen LogP contribution >= 0.6 is 0 Å². The van der Waals surface area contributed by atoms with E-state index in [0.29, 0.717) is 18.8 Å². The molecule has 0 bridgehead atoms. The number of hydrogen-bond acceptors (Lipinski definition) is 5. The van der Waals surface area contributed by atoms with Gasteiger partial charge in [0.15, 0.2) is 14.9 Å². The van der Waals surface area contributed by atoms with Gasteiger partial charge in [0.25, 0.3) is 0 Å². The summed E-state index contributed by atoms with van der Waals surface area (Å²) in [5.41, 5.74) is 5.02. The number of hydrogen-bond donors (Lipinski definition) is 2. The van der Waals surface area contributed by atoms with Crippen molar-refractivity contribution in [2.75, 3.05) is 17.9 Å². The summed E-state index contributed by atoms with van der Waals surface area (Å²) in [6.45, 7) is 2.24. The molecular weight excluding hydrogens is 276 g/mol. The molecule has 0 saturated heterocycles. The maximum atomic E-state index is 11.8. The average molecular weight is 298 g/mol. The molecule has 18 heavy (non-hydrogen) atoms. The van der Waals surface area contributed by atoms with Crippen LogP contribution in [-0.2, 0) is 19.9 Å². The number of nitrogens with two attached hydrogens (primary N) is 1. The van der Waals surface area contributed by atoms with Gasteiger partial charge >= 0.3 is 0 Å². The van der Waals surface area contributed by atoms with Crippen LogP contribution in [0.5, 0.6) is 0 Å². The highest BCUT2D eigenvalue weighted by Crippen LogP contribution is 2.32. The Morgan fingerprint density at radius 1 is 1.33 bits per heavy atom. The smallest absolute Gasteiger partial charge is 0.226 e. The third-order valence-corrected chi connectivity index (χ3v) is 6.92. The Hall–Kier alpha value is -0.180. The molecule has 1 rings (SSSR count). The molecule has 0 aromatic heterocycles. The van der Waals surface area contributed by atoms with E-state index in [1.54, 1.807) is 0 Å². The first-order chi connectivity index (χ1) is 8.08. The monoisotopic (exact) mass is 298 g/mol. The van der Waals surface area contributed by atoms with Crippen LogP contribution < -0.4 is 10.5 Å². The van der Waals surface area contributed by atoms with Gasteiger partial charge in [0.2, 0.25) is 10.0 Å². The summed E-state index contributed by atoms with van der Waals surface area (Å²) in [7, 11) is -7.42. The first-order valence-electron chi connectivity index (χ1n) is 5.97. The molecule has 2 atom stereocenters. The lowest BCUT2D eigenvalue weighted by molar-refractivity contribution is 0.223. The van der Waals surface area contributed by atoms with Gasteiger partial charge in [-0.15, -0.1) is 0 Å². The van der Waals surface area contributed by atoms with Gasteiger partial charge < -0.3 is 5.73 Å². The predicted molar refractivity (Wildman–Crippen MR) is 71.2 cm³/mol. The van der Waals surface area contributed by atoms with E-state index in [4.69, 9.17) is 5.73 Å². The van der Waals surface area contributed by atoms with Crippen LogP contribution in [-0.4, -0.2) is 40.3 Å². The molecule has 2 unspecified atom stereocenters. The fraction of sp³-hybridized carbons (Fsp3) is 1.00. The lowest BCUT2D eigenvalue weighted by Crippen LogP contribution is -2.56. The van der Waals surface area contributed by atoms with Crippen molar-refractivity contribution in [1.82, 2.24) is 4.72 Å². The molecule has 3 N–H and O–H groups in total. The second-order valence-electron chi connectivity index (χ2n) is 5.45. The molecule has 0 aromatic carbocycles. The zero-order valence-corrected chi connectivity index (χ0v) is 12.5. The van der Waals surface area contributed by atoms with E-state index in [9.17, 15) is 16.8 Å². The van der Waals surface area contributed by atoms with E-state index in [-0.39, 0.29) is 6.54 Å². The Kier molecular flexibility index (Phi) is 4.80. The Morgan fingerprint density at radius 3 is 2.39 bits per heavy atom. The summed E-state index contributed by atoms with van der Waals surface area (Å²) < 4.78 is 48.4. The van der Waals surface area contributed by atoms with Gasteiger partial charge in [0, 0.05) is 18.3 Å². The van der Waals surface area contributed by atoms with E-state index in [1.165, 1.54) is 0 Å². The SMILES string of the molecule is CC1CCCC(CN)(NS(=O)(=O)CS(C)(=O)=O)C1. The molecule has 0 heterocycles. The predicted octanol–water partition coefficient (Wildman–Crippen LogP) is -0.184. The van der Waals surface area contributed by atoms with Gasteiger partial charge in [-0.1, -0.05) is 19.8 Å². The molecule has 0 radical (unpaired) electrons. The number of sulfone groups is 1. The van der Waals surface area contributed by atoms with E-state index in [0.717, 1.165) is 19.1 Å². The molecule has 6 nitrogen and oxygen atoms in total. The summed E-state index contributed by atoms with van der Waals surface area (Å²) in [6.07, 6.45) is 4.18. The van der Waals surface area contributed by atoms with Crippen molar-refractivity contribution in [3.05, 3.63) is 0 Å². The number of sulfonamides is 1. The second-order valence-corrected chi connectivity index (χ2v) is 9.67. The highest BCUT2D eigenvalue weighted by Gasteiger charge is 2.37. The van der Waals surface area contributed by atoms with E-state index >= 15 is 0 Å². The van der Waals surface area contributed by atoms with Crippen LogP contribution in [0.25, 0.3) is 0 Å². The molecular formula is C10H22N2O4S2. The molecule has 1 aliphatic carbocycles. The minimum absolute atomic E-state index is 0.195. The fourth-order valence-corrected chi connectivity index (χ4v) is 6.04. The Labute approximate surface area is 109 Å². The minimum atomic E-state index is -3.85.